The van der Waals surface area contributed by atoms with Gasteiger partial charge in [-0.2, -0.15) is 13.2 Å². The Bertz CT molecular complexity index is 390. The molecule has 1 N–H and O–H groups in total. The molecular weight excluding hydrogens is 305 g/mol. The molecule has 0 aromatic carbocycles. The minimum atomic E-state index is -4.54. The zero-order chi connectivity index (χ0) is 13.1. The Balaban J connectivity index is 2.66. The molecule has 96 valence electrons. The standard InChI is InChI=1S/C7H5Cl3F3N3O/c8-5-3(1-14-6(9)15-5)17-2-4(16-10)7(11,12)13/h1,4,16H,2H2. The number of halogens is 6. The minimum absolute atomic E-state index is 0.114. The quantitative estimate of drug-likeness (QED) is 0.528. The van der Waals surface area contributed by atoms with Gasteiger partial charge in [-0.05, 0) is 23.4 Å². The largest absolute Gasteiger partial charge is 0.487 e. The monoisotopic (exact) mass is 309 g/mol. The molecule has 1 unspecified atom stereocenters. The third-order valence-corrected chi connectivity index (χ3v) is 2.33. The van der Waals surface area contributed by atoms with Gasteiger partial charge in [0.15, 0.2) is 16.9 Å². The van der Waals surface area contributed by atoms with Crippen molar-refractivity contribution in [1.82, 2.24) is 14.8 Å². The third kappa shape index (κ3) is 4.34. The van der Waals surface area contributed by atoms with E-state index in [1.54, 1.807) is 4.84 Å². The molecule has 4 nitrogen and oxygen atoms in total. The number of aromatic nitrogens is 2. The predicted octanol–water partition coefficient (Wildman–Crippen LogP) is 2.84. The summed E-state index contributed by atoms with van der Waals surface area (Å²) in [6.45, 7) is -0.766. The molecule has 0 spiro atoms. The van der Waals surface area contributed by atoms with Crippen molar-refractivity contribution in [3.05, 3.63) is 16.6 Å². The lowest BCUT2D eigenvalue weighted by Crippen LogP contribution is -2.42. The van der Waals surface area contributed by atoms with Crippen molar-refractivity contribution >= 4 is 35.0 Å². The van der Waals surface area contributed by atoms with Crippen molar-refractivity contribution in [3.63, 3.8) is 0 Å². The fourth-order valence-corrected chi connectivity index (χ4v) is 1.33. The van der Waals surface area contributed by atoms with Crippen LogP contribution in [0.1, 0.15) is 0 Å². The molecule has 0 bridgehead atoms. The highest BCUT2D eigenvalue weighted by molar-refractivity contribution is 6.32. The molecule has 1 aromatic rings. The molecule has 0 radical (unpaired) electrons. The highest BCUT2D eigenvalue weighted by atomic mass is 35.5. The smallest absolute Gasteiger partial charge is 0.408 e. The maximum absolute atomic E-state index is 12.3. The molecule has 0 aliphatic carbocycles. The first-order valence-electron chi connectivity index (χ1n) is 4.08. The summed E-state index contributed by atoms with van der Waals surface area (Å²) in [5.41, 5.74) is 0. The van der Waals surface area contributed by atoms with Crippen LogP contribution in [0.3, 0.4) is 0 Å². The summed E-state index contributed by atoms with van der Waals surface area (Å²) in [6.07, 6.45) is -3.47. The maximum atomic E-state index is 12.3. The SMILES string of the molecule is FC(F)(F)C(COc1cnc(Cl)nc1Cl)NCl. The Hall–Kier alpha value is -0.500. The number of ether oxygens (including phenoxy) is 1. The van der Waals surface area contributed by atoms with E-state index in [-0.39, 0.29) is 16.2 Å². The second kappa shape index (κ2) is 5.90. The highest BCUT2D eigenvalue weighted by Gasteiger charge is 2.40. The number of hydrogen-bond acceptors (Lipinski definition) is 4. The van der Waals surface area contributed by atoms with Crippen LogP contribution in [0, 0.1) is 0 Å². The van der Waals surface area contributed by atoms with E-state index in [0.717, 1.165) is 6.20 Å². The van der Waals surface area contributed by atoms with E-state index < -0.39 is 18.8 Å². The fraction of sp³-hybridized carbons (Fsp3) is 0.429. The molecule has 0 aliphatic rings. The molecule has 17 heavy (non-hydrogen) atoms. The van der Waals surface area contributed by atoms with Crippen molar-refractivity contribution in [2.45, 2.75) is 12.2 Å². The van der Waals surface area contributed by atoms with Crippen LogP contribution in [-0.4, -0.2) is 28.8 Å². The number of nitrogens with zero attached hydrogens (tertiary/aromatic N) is 2. The maximum Gasteiger partial charge on any atom is 0.408 e. The Morgan fingerprint density at radius 3 is 2.53 bits per heavy atom. The molecule has 0 saturated carbocycles. The van der Waals surface area contributed by atoms with Crippen molar-refractivity contribution < 1.29 is 17.9 Å². The molecular formula is C7H5Cl3F3N3O. The van der Waals surface area contributed by atoms with E-state index in [1.165, 1.54) is 0 Å². The van der Waals surface area contributed by atoms with Crippen molar-refractivity contribution in [2.75, 3.05) is 6.61 Å². The van der Waals surface area contributed by atoms with Crippen LogP contribution in [-0.2, 0) is 0 Å². The van der Waals surface area contributed by atoms with E-state index in [0.29, 0.717) is 0 Å². The summed E-state index contributed by atoms with van der Waals surface area (Å²) in [5, 5.41) is -0.314. The lowest BCUT2D eigenvalue weighted by Gasteiger charge is -2.18. The Morgan fingerprint density at radius 2 is 2.06 bits per heavy atom. The van der Waals surface area contributed by atoms with Gasteiger partial charge >= 0.3 is 6.18 Å². The average molecular weight is 310 g/mol. The van der Waals surface area contributed by atoms with Gasteiger partial charge in [0, 0.05) is 0 Å². The minimum Gasteiger partial charge on any atom is -0.487 e. The van der Waals surface area contributed by atoms with Crippen LogP contribution < -0.4 is 9.57 Å². The van der Waals surface area contributed by atoms with Crippen LogP contribution in [0.2, 0.25) is 10.4 Å². The number of nitrogens with one attached hydrogen (secondary N) is 1. The molecule has 10 heteroatoms. The van der Waals surface area contributed by atoms with Gasteiger partial charge in [0.25, 0.3) is 0 Å². The predicted molar refractivity (Wildman–Crippen MR) is 56.4 cm³/mol. The van der Waals surface area contributed by atoms with Gasteiger partial charge in [-0.3, -0.25) is 0 Å². The summed E-state index contributed by atoms with van der Waals surface area (Å²) in [7, 11) is 0. The van der Waals surface area contributed by atoms with Crippen molar-refractivity contribution in [1.29, 1.82) is 0 Å². The van der Waals surface area contributed by atoms with Gasteiger partial charge in [-0.1, -0.05) is 11.6 Å². The zero-order valence-electron chi connectivity index (χ0n) is 7.93. The highest BCUT2D eigenvalue weighted by Crippen LogP contribution is 2.25. The Kier molecular flexibility index (Phi) is 5.05. The molecule has 1 aromatic heterocycles. The van der Waals surface area contributed by atoms with Crippen LogP contribution in [0.15, 0.2) is 6.20 Å². The number of hydrogen-bond donors (Lipinski definition) is 1. The Labute approximate surface area is 109 Å². The van der Waals surface area contributed by atoms with Crippen LogP contribution in [0.4, 0.5) is 13.2 Å². The molecule has 0 saturated heterocycles. The molecule has 1 atom stereocenters. The summed E-state index contributed by atoms with van der Waals surface area (Å²) < 4.78 is 41.6. The lowest BCUT2D eigenvalue weighted by atomic mass is 10.3. The average Bonchev–Trinajstić information content (AvgIpc) is 2.19. The van der Waals surface area contributed by atoms with E-state index in [4.69, 9.17) is 39.7 Å². The molecule has 0 aliphatic heterocycles. The first-order chi connectivity index (χ1) is 7.84. The molecule has 0 amide bonds. The zero-order valence-corrected chi connectivity index (χ0v) is 10.2. The van der Waals surface area contributed by atoms with Crippen LogP contribution in [0.25, 0.3) is 0 Å². The number of alkyl halides is 3. The van der Waals surface area contributed by atoms with E-state index in [2.05, 4.69) is 9.97 Å². The van der Waals surface area contributed by atoms with E-state index in [9.17, 15) is 13.2 Å². The van der Waals surface area contributed by atoms with Gasteiger partial charge in [0.05, 0.1) is 6.20 Å². The van der Waals surface area contributed by atoms with Crippen LogP contribution in [0.5, 0.6) is 5.75 Å². The second-order valence-electron chi connectivity index (χ2n) is 2.81. The van der Waals surface area contributed by atoms with Gasteiger partial charge in [-0.25, -0.2) is 14.8 Å². The van der Waals surface area contributed by atoms with Gasteiger partial charge < -0.3 is 4.74 Å². The lowest BCUT2D eigenvalue weighted by molar-refractivity contribution is -0.157. The van der Waals surface area contributed by atoms with Gasteiger partial charge in [0.1, 0.15) is 6.61 Å². The van der Waals surface area contributed by atoms with Crippen molar-refractivity contribution in [2.24, 2.45) is 0 Å². The summed E-state index contributed by atoms with van der Waals surface area (Å²) in [6, 6.07) is -2.03. The molecule has 1 rings (SSSR count). The van der Waals surface area contributed by atoms with Gasteiger partial charge in [-0.15, -0.1) is 0 Å². The fourth-order valence-electron chi connectivity index (χ4n) is 0.788. The van der Waals surface area contributed by atoms with Crippen molar-refractivity contribution in [3.8, 4) is 5.75 Å². The molecule has 0 fully saturated rings. The van der Waals surface area contributed by atoms with E-state index in [1.807, 2.05) is 0 Å². The first kappa shape index (κ1) is 14.6. The summed E-state index contributed by atoms with van der Waals surface area (Å²) in [5.74, 6) is -0.114. The van der Waals surface area contributed by atoms with Crippen LogP contribution >= 0.6 is 35.0 Å². The first-order valence-corrected chi connectivity index (χ1v) is 5.21. The normalized spacial score (nSPS) is 13.5. The summed E-state index contributed by atoms with van der Waals surface area (Å²) in [4.78, 5) is 8.57. The second-order valence-corrected chi connectivity index (χ2v) is 3.72. The summed E-state index contributed by atoms with van der Waals surface area (Å²) >= 11 is 15.9. The van der Waals surface area contributed by atoms with Gasteiger partial charge in [0.2, 0.25) is 5.28 Å². The topological polar surface area (TPSA) is 47.0 Å². The van der Waals surface area contributed by atoms with E-state index >= 15 is 0 Å². The molecule has 1 heterocycles. The number of rotatable bonds is 4. The Morgan fingerprint density at radius 1 is 1.41 bits per heavy atom. The third-order valence-electron chi connectivity index (χ3n) is 1.61.